The number of allylic oxidation sites excluding steroid dienone is 1. The zero-order valence-electron chi connectivity index (χ0n) is 14.5. The Morgan fingerprint density at radius 3 is 2.64 bits per heavy atom. The summed E-state index contributed by atoms with van der Waals surface area (Å²) in [5, 5.41) is 10.1. The van der Waals surface area contributed by atoms with Gasteiger partial charge in [-0.3, -0.25) is 0 Å². The summed E-state index contributed by atoms with van der Waals surface area (Å²) in [4.78, 5) is 0. The number of fused-ring (bicyclic) bond motifs is 2. The fraction of sp³-hybridized carbons (Fsp3) is 0.900. The molecular weight excluding hydrogens is 272 g/mol. The van der Waals surface area contributed by atoms with Crippen LogP contribution in [0.2, 0.25) is 0 Å². The highest BCUT2D eigenvalue weighted by atomic mass is 16.6. The number of epoxide rings is 1. The minimum absolute atomic E-state index is 0.101. The maximum absolute atomic E-state index is 10.1. The lowest BCUT2D eigenvalue weighted by molar-refractivity contribution is -0.122. The van der Waals surface area contributed by atoms with Gasteiger partial charge < -0.3 is 9.84 Å². The van der Waals surface area contributed by atoms with Crippen molar-refractivity contribution in [2.75, 3.05) is 6.61 Å². The van der Waals surface area contributed by atoms with Gasteiger partial charge in [0.2, 0.25) is 0 Å². The number of hydrogen-bond donors (Lipinski definition) is 1. The second-order valence-electron chi connectivity index (χ2n) is 9.65. The van der Waals surface area contributed by atoms with Gasteiger partial charge in [-0.25, -0.2) is 0 Å². The monoisotopic (exact) mass is 304 g/mol. The van der Waals surface area contributed by atoms with Gasteiger partial charge in [-0.2, -0.15) is 0 Å². The second-order valence-corrected chi connectivity index (χ2v) is 9.65. The molecule has 0 radical (unpaired) electrons. The maximum Gasteiger partial charge on any atom is 0.0989 e. The van der Waals surface area contributed by atoms with Gasteiger partial charge in [0, 0.05) is 6.61 Å². The van der Waals surface area contributed by atoms with Gasteiger partial charge in [0.1, 0.15) is 0 Å². The summed E-state index contributed by atoms with van der Waals surface area (Å²) in [6.45, 7) is 11.6. The number of aliphatic hydroxyl groups excluding tert-OH is 1. The Hall–Kier alpha value is -0.340. The molecule has 2 heteroatoms. The van der Waals surface area contributed by atoms with Crippen molar-refractivity contribution in [2.24, 2.45) is 28.1 Å². The molecule has 1 N–H and O–H groups in total. The maximum atomic E-state index is 10.1. The first kappa shape index (κ1) is 15.2. The van der Waals surface area contributed by atoms with Crippen molar-refractivity contribution in [3.63, 3.8) is 0 Å². The minimum atomic E-state index is 0.101. The van der Waals surface area contributed by atoms with Gasteiger partial charge in [-0.15, -0.1) is 6.58 Å². The summed E-state index contributed by atoms with van der Waals surface area (Å²) in [5.74, 6) is 1.31. The molecule has 3 saturated carbocycles. The van der Waals surface area contributed by atoms with Crippen molar-refractivity contribution < 1.29 is 9.84 Å². The zero-order valence-corrected chi connectivity index (χ0v) is 14.5. The van der Waals surface area contributed by atoms with E-state index in [1.165, 1.54) is 32.1 Å². The highest BCUT2D eigenvalue weighted by molar-refractivity contribution is 5.24. The van der Waals surface area contributed by atoms with Crippen molar-refractivity contribution in [1.82, 2.24) is 0 Å². The first-order valence-electron chi connectivity index (χ1n) is 9.24. The second kappa shape index (κ2) is 4.39. The molecule has 1 saturated heterocycles. The summed E-state index contributed by atoms with van der Waals surface area (Å²) < 4.78 is 6.43. The van der Waals surface area contributed by atoms with Crippen LogP contribution < -0.4 is 0 Å². The molecule has 0 unspecified atom stereocenters. The SMILES string of the molecule is C=C[C@@]1(C)CC[C@@H]2[C@]3(C)CCC[C@](C)(CO)[C@H]3C[C@H]3O[C@@]23C1. The number of ether oxygens (including phenoxy) is 1. The summed E-state index contributed by atoms with van der Waals surface area (Å²) in [6.07, 6.45) is 11.2. The van der Waals surface area contributed by atoms with E-state index >= 15 is 0 Å². The third-order valence-electron chi connectivity index (χ3n) is 8.32. The Kier molecular flexibility index (Phi) is 3.03. The lowest BCUT2D eigenvalue weighted by Gasteiger charge is -2.60. The van der Waals surface area contributed by atoms with Crippen molar-refractivity contribution in [3.8, 4) is 0 Å². The summed E-state index contributed by atoms with van der Waals surface area (Å²) in [6, 6.07) is 0. The van der Waals surface area contributed by atoms with Crippen LogP contribution in [-0.4, -0.2) is 23.4 Å². The fourth-order valence-corrected chi connectivity index (χ4v) is 6.96. The van der Waals surface area contributed by atoms with E-state index in [2.05, 4.69) is 33.4 Å². The molecule has 7 atom stereocenters. The Balaban J connectivity index is 1.70. The first-order valence-corrected chi connectivity index (χ1v) is 9.24. The van der Waals surface area contributed by atoms with E-state index in [4.69, 9.17) is 4.74 Å². The van der Waals surface area contributed by atoms with E-state index in [1.54, 1.807) is 0 Å². The van der Waals surface area contributed by atoms with E-state index in [-0.39, 0.29) is 16.4 Å². The van der Waals surface area contributed by atoms with E-state index < -0.39 is 0 Å². The smallest absolute Gasteiger partial charge is 0.0989 e. The van der Waals surface area contributed by atoms with Gasteiger partial charge in [-0.1, -0.05) is 33.3 Å². The lowest BCUT2D eigenvalue weighted by atomic mass is 9.43. The molecule has 22 heavy (non-hydrogen) atoms. The van der Waals surface area contributed by atoms with E-state index in [0.717, 1.165) is 12.8 Å². The van der Waals surface area contributed by atoms with E-state index in [0.29, 0.717) is 30.0 Å². The van der Waals surface area contributed by atoms with Crippen LogP contribution in [0.25, 0.3) is 0 Å². The van der Waals surface area contributed by atoms with Crippen molar-refractivity contribution >= 4 is 0 Å². The van der Waals surface area contributed by atoms with Gasteiger partial charge in [0.25, 0.3) is 0 Å². The fourth-order valence-electron chi connectivity index (χ4n) is 6.96. The highest BCUT2D eigenvalue weighted by Gasteiger charge is 2.74. The van der Waals surface area contributed by atoms with Crippen molar-refractivity contribution in [1.29, 1.82) is 0 Å². The van der Waals surface area contributed by atoms with Crippen molar-refractivity contribution in [3.05, 3.63) is 12.7 Å². The molecule has 2 nitrogen and oxygen atoms in total. The van der Waals surface area contributed by atoms with Crippen LogP contribution in [0.5, 0.6) is 0 Å². The molecule has 1 heterocycles. The minimum Gasteiger partial charge on any atom is -0.396 e. The Bertz CT molecular complexity index is 502. The van der Waals surface area contributed by atoms with Crippen LogP contribution >= 0.6 is 0 Å². The van der Waals surface area contributed by atoms with Gasteiger partial charge >= 0.3 is 0 Å². The third-order valence-corrected chi connectivity index (χ3v) is 8.32. The molecule has 0 amide bonds. The highest BCUT2D eigenvalue weighted by Crippen LogP contribution is 2.72. The normalized spacial score (nSPS) is 59.9. The Morgan fingerprint density at radius 1 is 1.18 bits per heavy atom. The largest absolute Gasteiger partial charge is 0.396 e. The Labute approximate surface area is 135 Å². The number of aliphatic hydroxyl groups is 1. The van der Waals surface area contributed by atoms with E-state index in [9.17, 15) is 5.11 Å². The molecule has 3 aliphatic carbocycles. The van der Waals surface area contributed by atoms with Crippen LogP contribution in [0.3, 0.4) is 0 Å². The molecule has 0 aromatic heterocycles. The van der Waals surface area contributed by atoms with Gasteiger partial charge in [-0.05, 0) is 66.6 Å². The van der Waals surface area contributed by atoms with Gasteiger partial charge in [0.15, 0.2) is 0 Å². The standard InChI is InChI=1S/C20H32O2/c1-5-17(2)10-7-14-19(4)9-6-8-18(3,13-21)15(19)11-16-20(14,12-17)22-16/h5,14-16,21H,1,6-13H2,2-4H3/t14-,15-,16-,17+,18-,19+,20+/m1/s1. The molecule has 124 valence electrons. The predicted octanol–water partition coefficient (Wildman–Crippen LogP) is 4.33. The van der Waals surface area contributed by atoms with Crippen LogP contribution in [0.4, 0.5) is 0 Å². The number of hydrogen-bond acceptors (Lipinski definition) is 2. The molecule has 0 bridgehead atoms. The van der Waals surface area contributed by atoms with Crippen LogP contribution in [0.1, 0.15) is 65.7 Å². The molecule has 0 aromatic carbocycles. The van der Waals surface area contributed by atoms with Crippen LogP contribution in [0.15, 0.2) is 12.7 Å². The average Bonchev–Trinajstić information content (AvgIpc) is 3.17. The number of rotatable bonds is 2. The molecule has 4 rings (SSSR count). The summed E-state index contributed by atoms with van der Waals surface area (Å²) in [7, 11) is 0. The van der Waals surface area contributed by atoms with E-state index in [1.807, 2.05) is 0 Å². The van der Waals surface area contributed by atoms with Crippen LogP contribution in [-0.2, 0) is 4.74 Å². The summed E-state index contributed by atoms with van der Waals surface area (Å²) >= 11 is 0. The Morgan fingerprint density at radius 2 is 1.95 bits per heavy atom. The predicted molar refractivity (Wildman–Crippen MR) is 88.5 cm³/mol. The average molecular weight is 304 g/mol. The molecule has 4 aliphatic rings. The molecule has 1 aliphatic heterocycles. The molecular formula is C20H32O2. The third kappa shape index (κ3) is 1.74. The lowest BCUT2D eigenvalue weighted by Crippen LogP contribution is -2.58. The topological polar surface area (TPSA) is 32.8 Å². The first-order chi connectivity index (χ1) is 10.3. The van der Waals surface area contributed by atoms with Gasteiger partial charge in [0.05, 0.1) is 11.7 Å². The molecule has 4 fully saturated rings. The zero-order chi connectivity index (χ0) is 15.8. The summed E-state index contributed by atoms with van der Waals surface area (Å²) in [5.41, 5.74) is 0.846. The quantitative estimate of drug-likeness (QED) is 0.608. The molecule has 0 aromatic rings. The molecule has 1 spiro atoms. The van der Waals surface area contributed by atoms with Crippen LogP contribution in [0, 0.1) is 28.1 Å². The van der Waals surface area contributed by atoms with Crippen molar-refractivity contribution in [2.45, 2.75) is 77.4 Å².